The number of aromatic nitrogens is 1. The molecule has 0 amide bonds. The molecule has 16 heavy (non-hydrogen) atoms. The number of rotatable bonds is 1. The number of nitrogens with one attached hydrogen (secondary N) is 1. The summed E-state index contributed by atoms with van der Waals surface area (Å²) < 4.78 is 0.756. The number of aromatic carboxylic acids is 1. The fourth-order valence-corrected chi connectivity index (χ4v) is 2.00. The molecule has 2 rings (SSSR count). The van der Waals surface area contributed by atoms with Crippen LogP contribution in [0.2, 0.25) is 0 Å². The van der Waals surface area contributed by atoms with E-state index in [1.54, 1.807) is 0 Å². The predicted molar refractivity (Wildman–Crippen MR) is 64.0 cm³/mol. The van der Waals surface area contributed by atoms with E-state index in [2.05, 4.69) is 20.9 Å². The molecule has 4 nitrogen and oxygen atoms in total. The van der Waals surface area contributed by atoms with Gasteiger partial charge in [0.2, 0.25) is 0 Å². The van der Waals surface area contributed by atoms with Crippen molar-refractivity contribution < 1.29 is 9.90 Å². The number of pyridine rings is 1. The molecule has 0 saturated carbocycles. The Labute approximate surface area is 99.0 Å². The highest BCUT2D eigenvalue weighted by atomic mass is 79.9. The van der Waals surface area contributed by atoms with Crippen molar-refractivity contribution in [3.05, 3.63) is 44.2 Å². The molecule has 2 aromatic rings. The fourth-order valence-electron chi connectivity index (χ4n) is 1.56. The van der Waals surface area contributed by atoms with Crippen LogP contribution < -0.4 is 5.56 Å². The first kappa shape index (κ1) is 10.9. The van der Waals surface area contributed by atoms with E-state index in [-0.39, 0.29) is 5.56 Å². The minimum absolute atomic E-state index is 0.251. The molecular formula is C11H8BrNO3. The number of H-pyrrole nitrogens is 1. The second kappa shape index (κ2) is 3.75. The molecule has 0 atom stereocenters. The Kier molecular flexibility index (Phi) is 2.55. The molecule has 5 heteroatoms. The van der Waals surface area contributed by atoms with Crippen molar-refractivity contribution in [2.24, 2.45) is 0 Å². The number of aryl methyl sites for hydroxylation is 1. The number of carboxylic acids is 1. The van der Waals surface area contributed by atoms with Gasteiger partial charge in [0.25, 0.3) is 5.56 Å². The number of hydrogen-bond donors (Lipinski definition) is 2. The molecule has 0 aliphatic rings. The molecule has 82 valence electrons. The third-order valence-electron chi connectivity index (χ3n) is 2.40. The number of hydrogen-bond acceptors (Lipinski definition) is 2. The Morgan fingerprint density at radius 3 is 2.75 bits per heavy atom. The molecule has 0 aliphatic carbocycles. The third kappa shape index (κ3) is 1.63. The number of carboxylic acid groups (broad SMARTS) is 1. The standard InChI is InChI=1S/C11H8BrNO3/c1-5-2-3-8(12)6-4-7(11(15)16)10(14)13-9(5)6/h2-4H,1H3,(H,13,14)(H,15,16). The van der Waals surface area contributed by atoms with Crippen LogP contribution in [0.4, 0.5) is 0 Å². The van der Waals surface area contributed by atoms with Crippen molar-refractivity contribution in [1.82, 2.24) is 4.98 Å². The number of carbonyl (C=O) groups is 1. The number of fused-ring (bicyclic) bond motifs is 1. The first-order valence-electron chi connectivity index (χ1n) is 4.56. The van der Waals surface area contributed by atoms with Gasteiger partial charge in [0.05, 0.1) is 5.52 Å². The van der Waals surface area contributed by atoms with Gasteiger partial charge in [-0.1, -0.05) is 22.0 Å². The molecule has 0 unspecified atom stereocenters. The largest absolute Gasteiger partial charge is 0.477 e. The van der Waals surface area contributed by atoms with Crippen LogP contribution >= 0.6 is 15.9 Å². The zero-order valence-electron chi connectivity index (χ0n) is 8.37. The van der Waals surface area contributed by atoms with Gasteiger partial charge in [-0.05, 0) is 24.6 Å². The van der Waals surface area contributed by atoms with Gasteiger partial charge in [-0.2, -0.15) is 0 Å². The smallest absolute Gasteiger partial charge is 0.341 e. The summed E-state index contributed by atoms with van der Waals surface area (Å²) in [7, 11) is 0. The highest BCUT2D eigenvalue weighted by Crippen LogP contribution is 2.24. The molecule has 0 bridgehead atoms. The lowest BCUT2D eigenvalue weighted by Crippen LogP contribution is -2.17. The predicted octanol–water partition coefficient (Wildman–Crippen LogP) is 2.30. The van der Waals surface area contributed by atoms with Gasteiger partial charge in [0.1, 0.15) is 5.56 Å². The number of aromatic amines is 1. The van der Waals surface area contributed by atoms with E-state index in [0.29, 0.717) is 10.9 Å². The van der Waals surface area contributed by atoms with E-state index in [1.807, 2.05) is 19.1 Å². The van der Waals surface area contributed by atoms with E-state index >= 15 is 0 Å². The lowest BCUT2D eigenvalue weighted by atomic mass is 10.1. The Morgan fingerprint density at radius 2 is 2.12 bits per heavy atom. The van der Waals surface area contributed by atoms with Crippen LogP contribution in [0.3, 0.4) is 0 Å². The molecule has 1 aromatic heterocycles. The molecule has 0 radical (unpaired) electrons. The van der Waals surface area contributed by atoms with Gasteiger partial charge in [-0.3, -0.25) is 4.79 Å². The van der Waals surface area contributed by atoms with Gasteiger partial charge in [-0.25, -0.2) is 4.79 Å². The Bertz CT molecular complexity index is 645. The van der Waals surface area contributed by atoms with Crippen molar-refractivity contribution in [2.75, 3.05) is 0 Å². The van der Waals surface area contributed by atoms with E-state index in [4.69, 9.17) is 5.11 Å². The van der Waals surface area contributed by atoms with Crippen molar-refractivity contribution in [3.63, 3.8) is 0 Å². The summed E-state index contributed by atoms with van der Waals surface area (Å²) in [6.07, 6.45) is 0. The van der Waals surface area contributed by atoms with Crippen molar-refractivity contribution in [1.29, 1.82) is 0 Å². The minimum atomic E-state index is -1.23. The second-order valence-corrected chi connectivity index (χ2v) is 4.32. The van der Waals surface area contributed by atoms with Crippen molar-refractivity contribution in [3.8, 4) is 0 Å². The second-order valence-electron chi connectivity index (χ2n) is 3.47. The maximum atomic E-state index is 11.5. The maximum absolute atomic E-state index is 11.5. The van der Waals surface area contributed by atoms with Crippen molar-refractivity contribution >= 4 is 32.8 Å². The minimum Gasteiger partial charge on any atom is -0.477 e. The van der Waals surface area contributed by atoms with Crippen molar-refractivity contribution in [2.45, 2.75) is 6.92 Å². The van der Waals surface area contributed by atoms with Crippen LogP contribution in [-0.2, 0) is 0 Å². The van der Waals surface area contributed by atoms with E-state index in [1.165, 1.54) is 6.07 Å². The molecule has 0 spiro atoms. The highest BCUT2D eigenvalue weighted by Gasteiger charge is 2.12. The van der Waals surface area contributed by atoms with Crippen LogP contribution in [0.1, 0.15) is 15.9 Å². The van der Waals surface area contributed by atoms with Crippen LogP contribution in [0.15, 0.2) is 27.5 Å². The first-order valence-corrected chi connectivity index (χ1v) is 5.35. The molecule has 2 N–H and O–H groups in total. The molecule has 0 saturated heterocycles. The zero-order chi connectivity index (χ0) is 11.9. The first-order chi connectivity index (χ1) is 7.50. The quantitative estimate of drug-likeness (QED) is 0.843. The Hall–Kier alpha value is -1.62. The van der Waals surface area contributed by atoms with E-state index in [0.717, 1.165) is 10.0 Å². The van der Waals surface area contributed by atoms with Crippen LogP contribution in [-0.4, -0.2) is 16.1 Å². The SMILES string of the molecule is Cc1ccc(Br)c2cc(C(=O)O)c(=O)[nH]c12. The third-order valence-corrected chi connectivity index (χ3v) is 3.09. The van der Waals surface area contributed by atoms with Gasteiger partial charge in [0, 0.05) is 9.86 Å². The zero-order valence-corrected chi connectivity index (χ0v) is 9.96. The lowest BCUT2D eigenvalue weighted by Gasteiger charge is -2.05. The summed E-state index contributed by atoms with van der Waals surface area (Å²) >= 11 is 3.32. The average Bonchev–Trinajstić information content (AvgIpc) is 2.23. The van der Waals surface area contributed by atoms with Gasteiger partial charge in [0.15, 0.2) is 0 Å². The maximum Gasteiger partial charge on any atom is 0.341 e. The number of benzene rings is 1. The van der Waals surface area contributed by atoms with E-state index in [9.17, 15) is 9.59 Å². The summed E-state index contributed by atoms with van der Waals surface area (Å²) in [6, 6.07) is 5.05. The Balaban J connectivity index is 2.95. The molecule has 0 fully saturated rings. The summed E-state index contributed by atoms with van der Waals surface area (Å²) in [6.45, 7) is 1.85. The fraction of sp³-hybridized carbons (Fsp3) is 0.0909. The normalized spacial score (nSPS) is 10.6. The lowest BCUT2D eigenvalue weighted by molar-refractivity contribution is 0.0695. The summed E-state index contributed by atoms with van der Waals surface area (Å²) in [4.78, 5) is 24.9. The highest BCUT2D eigenvalue weighted by molar-refractivity contribution is 9.10. The number of halogens is 1. The van der Waals surface area contributed by atoms with Crippen LogP contribution in [0.5, 0.6) is 0 Å². The van der Waals surface area contributed by atoms with E-state index < -0.39 is 11.5 Å². The van der Waals surface area contributed by atoms with Gasteiger partial charge >= 0.3 is 5.97 Å². The average molecular weight is 282 g/mol. The molecule has 0 aliphatic heterocycles. The van der Waals surface area contributed by atoms with Crippen LogP contribution in [0, 0.1) is 6.92 Å². The van der Waals surface area contributed by atoms with Crippen LogP contribution in [0.25, 0.3) is 10.9 Å². The topological polar surface area (TPSA) is 70.2 Å². The molecule has 1 aromatic carbocycles. The molecular weight excluding hydrogens is 274 g/mol. The monoisotopic (exact) mass is 281 g/mol. The summed E-state index contributed by atoms with van der Waals surface area (Å²) in [5.74, 6) is -1.23. The summed E-state index contributed by atoms with van der Waals surface area (Å²) in [5, 5.41) is 9.54. The van der Waals surface area contributed by atoms with Gasteiger partial charge in [-0.15, -0.1) is 0 Å². The van der Waals surface area contributed by atoms with Gasteiger partial charge < -0.3 is 10.1 Å². The summed E-state index contributed by atoms with van der Waals surface area (Å²) in [5.41, 5.74) is 0.719. The molecule has 1 heterocycles. The Morgan fingerprint density at radius 1 is 1.44 bits per heavy atom.